The number of fused-ring (bicyclic) bond motifs is 4. The normalized spacial score (nSPS) is 31.3. The molecule has 2 aliphatic heterocycles. The third-order valence-corrected chi connectivity index (χ3v) is 12.8. The van der Waals surface area contributed by atoms with Gasteiger partial charge in [0.2, 0.25) is 15.9 Å². The number of hydrogen-bond donors (Lipinski definition) is 2. The van der Waals surface area contributed by atoms with E-state index in [4.69, 9.17) is 21.1 Å². The van der Waals surface area contributed by atoms with Crippen molar-refractivity contribution in [3.63, 3.8) is 0 Å². The second-order valence-electron chi connectivity index (χ2n) is 13.6. The number of carbonyl (C=O) groups is 2. The molecule has 2 N–H and O–H groups in total. The number of amides is 2. The van der Waals surface area contributed by atoms with E-state index in [9.17, 15) is 18.0 Å². The van der Waals surface area contributed by atoms with Crippen LogP contribution in [0.4, 0.5) is 5.69 Å². The van der Waals surface area contributed by atoms with Crippen LogP contribution in [0.2, 0.25) is 5.02 Å². The molecule has 248 valence electrons. The van der Waals surface area contributed by atoms with E-state index in [1.807, 2.05) is 25.1 Å². The van der Waals surface area contributed by atoms with Gasteiger partial charge < -0.3 is 19.7 Å². The fourth-order valence-corrected chi connectivity index (χ4v) is 9.04. The summed E-state index contributed by atoms with van der Waals surface area (Å²) in [6.45, 7) is 5.30. The lowest BCUT2D eigenvalue weighted by Gasteiger charge is -2.46. The highest BCUT2D eigenvalue weighted by molar-refractivity contribution is 7.90. The molecule has 2 heterocycles. The Morgan fingerprint density at radius 1 is 1.20 bits per heavy atom. The second kappa shape index (κ2) is 13.2. The first-order valence-corrected chi connectivity index (χ1v) is 18.3. The molecule has 1 spiro atoms. The topological polar surface area (TPSA) is 114 Å². The third kappa shape index (κ3) is 6.53. The number of halogens is 1. The van der Waals surface area contributed by atoms with Crippen LogP contribution in [0.15, 0.2) is 48.6 Å². The Bertz CT molecular complexity index is 1630. The second-order valence-corrected chi connectivity index (χ2v) is 16.0. The summed E-state index contributed by atoms with van der Waals surface area (Å²) in [6.07, 6.45) is 9.05. The lowest BCUT2D eigenvalue weighted by molar-refractivity contribution is -0.128. The predicted octanol–water partition coefficient (Wildman–Crippen LogP) is 5.01. The predicted molar refractivity (Wildman–Crippen MR) is 179 cm³/mol. The summed E-state index contributed by atoms with van der Waals surface area (Å²) in [5, 5.41) is 2.55. The first-order valence-electron chi connectivity index (χ1n) is 16.4. The Morgan fingerprint density at radius 3 is 2.78 bits per heavy atom. The molecule has 6 atom stereocenters. The van der Waals surface area contributed by atoms with Crippen molar-refractivity contribution in [2.45, 2.75) is 69.1 Å². The minimum absolute atomic E-state index is 0.0483. The van der Waals surface area contributed by atoms with Crippen LogP contribution in [0.5, 0.6) is 5.75 Å². The van der Waals surface area contributed by atoms with Gasteiger partial charge in [-0.1, -0.05) is 36.7 Å². The lowest BCUT2D eigenvalue weighted by Crippen LogP contribution is -2.50. The highest BCUT2D eigenvalue weighted by Gasteiger charge is 2.44. The van der Waals surface area contributed by atoms with Gasteiger partial charge in [0.1, 0.15) is 12.4 Å². The molecule has 0 aromatic heterocycles. The van der Waals surface area contributed by atoms with Crippen LogP contribution in [-0.2, 0) is 31.4 Å². The molecule has 9 nitrogen and oxygen atoms in total. The molecule has 0 saturated heterocycles. The minimum Gasteiger partial charge on any atom is -0.490 e. The molecule has 2 aliphatic carbocycles. The number of nitrogens with zero attached hydrogens (tertiary/aromatic N) is 1. The van der Waals surface area contributed by atoms with E-state index in [-0.39, 0.29) is 47.4 Å². The number of aryl methyl sites for hydroxylation is 1. The summed E-state index contributed by atoms with van der Waals surface area (Å²) in [6, 6.07) is 11.4. The van der Waals surface area contributed by atoms with Crippen LogP contribution >= 0.6 is 11.6 Å². The van der Waals surface area contributed by atoms with Gasteiger partial charge in [0.25, 0.3) is 5.91 Å². The Morgan fingerprint density at radius 2 is 2.02 bits per heavy atom. The number of benzene rings is 2. The average Bonchev–Trinajstić information content (AvgIpc) is 3.17. The van der Waals surface area contributed by atoms with Gasteiger partial charge >= 0.3 is 0 Å². The molecule has 1 unspecified atom stereocenters. The van der Waals surface area contributed by atoms with Crippen molar-refractivity contribution in [3.05, 3.63) is 70.3 Å². The molecule has 0 radical (unpaired) electrons. The summed E-state index contributed by atoms with van der Waals surface area (Å²) in [5.74, 6) is 0.0281. The van der Waals surface area contributed by atoms with Crippen LogP contribution in [-0.4, -0.2) is 64.9 Å². The van der Waals surface area contributed by atoms with Gasteiger partial charge in [-0.15, -0.1) is 0 Å². The highest BCUT2D eigenvalue weighted by Crippen LogP contribution is 2.47. The molecule has 1 saturated carbocycles. The van der Waals surface area contributed by atoms with Gasteiger partial charge in [0.15, 0.2) is 0 Å². The molecular weight excluding hydrogens is 626 g/mol. The van der Waals surface area contributed by atoms with Crippen molar-refractivity contribution in [3.8, 4) is 5.75 Å². The quantitative estimate of drug-likeness (QED) is 0.442. The van der Waals surface area contributed by atoms with E-state index in [1.165, 1.54) is 11.1 Å². The maximum Gasteiger partial charge on any atom is 0.264 e. The SMILES string of the molecule is CNC(=O)CO[C@H]1/C=C\CC(C)[C@@H](C)S(=O)(=O)NC(=O)c2ccc3c(c2)N(C[C@@H]2CC[C@H]21)C[C@@]1(CCCc2cc(Cl)ccc21)CO3. The number of hydrogen-bond acceptors (Lipinski definition) is 7. The van der Waals surface area contributed by atoms with Crippen molar-refractivity contribution in [2.24, 2.45) is 17.8 Å². The van der Waals surface area contributed by atoms with Gasteiger partial charge in [-0.05, 0) is 105 Å². The Labute approximate surface area is 277 Å². The molecule has 11 heteroatoms. The zero-order chi connectivity index (χ0) is 32.6. The third-order valence-electron chi connectivity index (χ3n) is 10.7. The number of ether oxygens (including phenoxy) is 2. The lowest BCUT2D eigenvalue weighted by atomic mass is 9.68. The van der Waals surface area contributed by atoms with Crippen LogP contribution in [0.25, 0.3) is 0 Å². The van der Waals surface area contributed by atoms with Crippen LogP contribution in [0, 0.1) is 17.8 Å². The number of sulfonamides is 1. The van der Waals surface area contributed by atoms with Gasteiger partial charge in [0, 0.05) is 36.1 Å². The number of allylic oxidation sites excluding steroid dienone is 1. The van der Waals surface area contributed by atoms with E-state index >= 15 is 0 Å². The van der Waals surface area contributed by atoms with E-state index in [1.54, 1.807) is 32.2 Å². The first-order chi connectivity index (χ1) is 22.0. The van der Waals surface area contributed by atoms with Gasteiger partial charge in [0.05, 0.1) is 23.6 Å². The molecular formula is C35H44ClN3O6S. The summed E-state index contributed by atoms with van der Waals surface area (Å²) < 4.78 is 41.7. The standard InChI is InChI=1S/C35H44ClN3O6S/c1-22-6-4-8-31(44-19-33(40)37-3)28-12-9-26(28)18-39-20-35(15-5-7-24-16-27(36)11-13-29(24)35)21-45-32-14-10-25(17-30(32)39)34(41)38-46(42,43)23(22)2/h4,8,10-11,13-14,16-17,22-23,26,28,31H,5-7,9,12,15,18-21H2,1-3H3,(H,37,40)(H,38,41)/b8-4-/t22?,23-,26+,28-,31+,35+/m1/s1. The minimum atomic E-state index is -3.96. The molecule has 2 amide bonds. The van der Waals surface area contributed by atoms with Gasteiger partial charge in [-0.25, -0.2) is 13.1 Å². The van der Waals surface area contributed by atoms with E-state index in [0.717, 1.165) is 42.8 Å². The molecule has 6 rings (SSSR count). The first kappa shape index (κ1) is 32.8. The maximum atomic E-state index is 13.4. The molecule has 2 bridgehead atoms. The smallest absolute Gasteiger partial charge is 0.264 e. The average molecular weight is 670 g/mol. The Kier molecular flexibility index (Phi) is 9.43. The van der Waals surface area contributed by atoms with Gasteiger partial charge in [-0.3, -0.25) is 9.59 Å². The summed E-state index contributed by atoms with van der Waals surface area (Å²) in [5.41, 5.74) is 3.25. The number of anilines is 1. The highest BCUT2D eigenvalue weighted by atomic mass is 35.5. The Hall–Kier alpha value is -3.08. The summed E-state index contributed by atoms with van der Waals surface area (Å²) in [4.78, 5) is 27.9. The number of carbonyl (C=O) groups excluding carboxylic acids is 2. The zero-order valence-electron chi connectivity index (χ0n) is 26.8. The largest absolute Gasteiger partial charge is 0.490 e. The maximum absolute atomic E-state index is 13.4. The number of likely N-dealkylation sites (N-methyl/N-ethyl adjacent to an activating group) is 1. The van der Waals surface area contributed by atoms with Crippen LogP contribution < -0.4 is 19.7 Å². The molecule has 2 aromatic rings. The van der Waals surface area contributed by atoms with Crippen molar-refractivity contribution in [1.29, 1.82) is 0 Å². The fourth-order valence-electron chi connectivity index (χ4n) is 7.56. The van der Waals surface area contributed by atoms with Crippen molar-refractivity contribution in [1.82, 2.24) is 10.0 Å². The zero-order valence-corrected chi connectivity index (χ0v) is 28.3. The summed E-state index contributed by atoms with van der Waals surface area (Å²) >= 11 is 6.42. The molecule has 46 heavy (non-hydrogen) atoms. The number of nitrogens with one attached hydrogen (secondary N) is 2. The molecule has 1 fully saturated rings. The summed E-state index contributed by atoms with van der Waals surface area (Å²) in [7, 11) is -2.36. The van der Waals surface area contributed by atoms with Gasteiger partial charge in [-0.2, -0.15) is 0 Å². The van der Waals surface area contributed by atoms with Crippen LogP contribution in [0.1, 0.15) is 67.4 Å². The van der Waals surface area contributed by atoms with E-state index in [2.05, 4.69) is 27.1 Å². The van der Waals surface area contributed by atoms with E-state index < -0.39 is 21.2 Å². The van der Waals surface area contributed by atoms with Crippen molar-refractivity contribution >= 4 is 39.1 Å². The van der Waals surface area contributed by atoms with Crippen LogP contribution in [0.3, 0.4) is 0 Å². The van der Waals surface area contributed by atoms with Crippen molar-refractivity contribution in [2.75, 3.05) is 38.3 Å². The number of rotatable bonds is 3. The van der Waals surface area contributed by atoms with Crippen molar-refractivity contribution < 1.29 is 27.5 Å². The molecule has 2 aromatic carbocycles. The monoisotopic (exact) mass is 669 g/mol. The Balaban J connectivity index is 1.41. The van der Waals surface area contributed by atoms with E-state index in [0.29, 0.717) is 31.9 Å². The molecule has 4 aliphatic rings. The fraction of sp³-hybridized carbons (Fsp3) is 0.543.